The Morgan fingerprint density at radius 1 is 1.35 bits per heavy atom. The molecule has 1 saturated heterocycles. The van der Waals surface area contributed by atoms with E-state index in [0.717, 1.165) is 30.7 Å². The number of carbonyl (C=O) groups excluding carboxylic acids is 1. The molecule has 0 aromatic heterocycles. The highest BCUT2D eigenvalue weighted by molar-refractivity contribution is 5.80. The van der Waals surface area contributed by atoms with Gasteiger partial charge in [-0.3, -0.25) is 4.79 Å². The van der Waals surface area contributed by atoms with Crippen LogP contribution in [0.4, 0.5) is 0 Å². The lowest BCUT2D eigenvalue weighted by Crippen LogP contribution is -2.44. The molecule has 2 N–H and O–H groups in total. The number of hydrogen-bond donors (Lipinski definition) is 1. The van der Waals surface area contributed by atoms with Gasteiger partial charge in [0.1, 0.15) is 5.75 Å². The van der Waals surface area contributed by atoms with Gasteiger partial charge in [0, 0.05) is 24.7 Å². The molecule has 0 saturated carbocycles. The highest BCUT2D eigenvalue weighted by atomic mass is 16.5. The molecule has 4 heteroatoms. The SMILES string of the molecule is COc1ccccc1CC(=O)N1CCCCCC1CN. The zero-order chi connectivity index (χ0) is 14.4. The molecule has 1 fully saturated rings. The van der Waals surface area contributed by atoms with Crippen molar-refractivity contribution in [1.29, 1.82) is 0 Å². The van der Waals surface area contributed by atoms with Gasteiger partial charge >= 0.3 is 0 Å². The third-order valence-electron chi connectivity index (χ3n) is 4.00. The van der Waals surface area contributed by atoms with Gasteiger partial charge in [-0.1, -0.05) is 31.0 Å². The predicted octanol–water partition coefficient (Wildman–Crippen LogP) is 1.97. The van der Waals surface area contributed by atoms with Crippen LogP contribution in [0.3, 0.4) is 0 Å². The summed E-state index contributed by atoms with van der Waals surface area (Å²) < 4.78 is 5.32. The number of likely N-dealkylation sites (tertiary alicyclic amines) is 1. The number of rotatable bonds is 4. The number of nitrogens with zero attached hydrogens (tertiary/aromatic N) is 1. The Hall–Kier alpha value is -1.55. The molecule has 1 atom stereocenters. The second-order valence-electron chi connectivity index (χ2n) is 5.31. The fourth-order valence-electron chi connectivity index (χ4n) is 2.86. The number of benzene rings is 1. The minimum atomic E-state index is 0.159. The Bertz CT molecular complexity index is 448. The first kappa shape index (κ1) is 14.9. The van der Waals surface area contributed by atoms with Crippen LogP contribution in [0.2, 0.25) is 0 Å². The van der Waals surface area contributed by atoms with E-state index in [1.54, 1.807) is 7.11 Å². The summed E-state index contributed by atoms with van der Waals surface area (Å²) in [5.41, 5.74) is 6.78. The van der Waals surface area contributed by atoms with Crippen molar-refractivity contribution in [3.05, 3.63) is 29.8 Å². The zero-order valence-electron chi connectivity index (χ0n) is 12.2. The molecule has 4 nitrogen and oxygen atoms in total. The Morgan fingerprint density at radius 3 is 2.90 bits per heavy atom. The van der Waals surface area contributed by atoms with Gasteiger partial charge in [-0.25, -0.2) is 0 Å². The van der Waals surface area contributed by atoms with Crippen molar-refractivity contribution < 1.29 is 9.53 Å². The average molecular weight is 276 g/mol. The second-order valence-corrected chi connectivity index (χ2v) is 5.31. The third-order valence-corrected chi connectivity index (χ3v) is 4.00. The maximum atomic E-state index is 12.6. The smallest absolute Gasteiger partial charge is 0.227 e. The van der Waals surface area contributed by atoms with Crippen molar-refractivity contribution >= 4 is 5.91 Å². The van der Waals surface area contributed by atoms with Gasteiger partial charge in [0.2, 0.25) is 5.91 Å². The molecular weight excluding hydrogens is 252 g/mol. The molecule has 1 heterocycles. The number of para-hydroxylation sites is 1. The first-order chi connectivity index (χ1) is 9.76. The molecule has 0 aliphatic carbocycles. The summed E-state index contributed by atoms with van der Waals surface area (Å²) in [6, 6.07) is 7.90. The lowest BCUT2D eigenvalue weighted by Gasteiger charge is -2.29. The summed E-state index contributed by atoms with van der Waals surface area (Å²) in [4.78, 5) is 14.5. The molecule has 1 aliphatic rings. The average Bonchev–Trinajstić information content (AvgIpc) is 2.73. The van der Waals surface area contributed by atoms with E-state index < -0.39 is 0 Å². The fourth-order valence-corrected chi connectivity index (χ4v) is 2.86. The van der Waals surface area contributed by atoms with E-state index in [-0.39, 0.29) is 11.9 Å². The standard InChI is InChI=1S/C16H24N2O2/c1-20-15-9-5-4-7-13(15)11-16(19)18-10-6-2-3-8-14(18)12-17/h4-5,7,9,14H,2-3,6,8,10-12,17H2,1H3. The van der Waals surface area contributed by atoms with Crippen LogP contribution in [0.25, 0.3) is 0 Å². The van der Waals surface area contributed by atoms with Gasteiger partial charge < -0.3 is 15.4 Å². The second kappa shape index (κ2) is 7.29. The number of methoxy groups -OCH3 is 1. The van der Waals surface area contributed by atoms with Gasteiger partial charge in [-0.2, -0.15) is 0 Å². The van der Waals surface area contributed by atoms with Gasteiger partial charge in [0.05, 0.1) is 13.5 Å². The first-order valence-electron chi connectivity index (χ1n) is 7.37. The molecule has 1 amide bonds. The molecular formula is C16H24N2O2. The van der Waals surface area contributed by atoms with Crippen molar-refractivity contribution in [2.24, 2.45) is 5.73 Å². The van der Waals surface area contributed by atoms with Gasteiger partial charge in [0.25, 0.3) is 0 Å². The van der Waals surface area contributed by atoms with Crippen LogP contribution >= 0.6 is 0 Å². The van der Waals surface area contributed by atoms with Gasteiger partial charge in [-0.15, -0.1) is 0 Å². The molecule has 1 aliphatic heterocycles. The van der Waals surface area contributed by atoms with Crippen molar-refractivity contribution in [2.45, 2.75) is 38.1 Å². The van der Waals surface area contributed by atoms with Crippen LogP contribution in [-0.4, -0.2) is 37.0 Å². The Balaban J connectivity index is 2.09. The number of carbonyl (C=O) groups is 1. The minimum absolute atomic E-state index is 0.159. The van der Waals surface area contributed by atoms with E-state index in [0.29, 0.717) is 13.0 Å². The topological polar surface area (TPSA) is 55.6 Å². The van der Waals surface area contributed by atoms with E-state index in [2.05, 4.69) is 0 Å². The van der Waals surface area contributed by atoms with Gasteiger partial charge in [-0.05, 0) is 18.9 Å². The molecule has 1 unspecified atom stereocenters. The number of nitrogens with two attached hydrogens (primary N) is 1. The molecule has 0 bridgehead atoms. The monoisotopic (exact) mass is 276 g/mol. The van der Waals surface area contributed by atoms with Crippen molar-refractivity contribution in [2.75, 3.05) is 20.2 Å². The number of hydrogen-bond acceptors (Lipinski definition) is 3. The quantitative estimate of drug-likeness (QED) is 0.914. The highest BCUT2D eigenvalue weighted by Crippen LogP contribution is 2.21. The summed E-state index contributed by atoms with van der Waals surface area (Å²) in [6.45, 7) is 1.38. The third kappa shape index (κ3) is 3.51. The van der Waals surface area contributed by atoms with E-state index in [1.807, 2.05) is 29.2 Å². The molecule has 0 radical (unpaired) electrons. The molecule has 1 aromatic rings. The maximum absolute atomic E-state index is 12.6. The van der Waals surface area contributed by atoms with E-state index in [1.165, 1.54) is 12.8 Å². The summed E-state index contributed by atoms with van der Waals surface area (Å²) in [5.74, 6) is 0.937. The Kier molecular flexibility index (Phi) is 5.41. The Labute approximate surface area is 120 Å². The lowest BCUT2D eigenvalue weighted by molar-refractivity contribution is -0.132. The normalized spacial score (nSPS) is 19.5. The van der Waals surface area contributed by atoms with Crippen LogP contribution < -0.4 is 10.5 Å². The number of amides is 1. The van der Waals surface area contributed by atoms with Crippen LogP contribution in [0.1, 0.15) is 31.2 Å². The van der Waals surface area contributed by atoms with Crippen LogP contribution in [0, 0.1) is 0 Å². The number of ether oxygens (including phenoxy) is 1. The zero-order valence-corrected chi connectivity index (χ0v) is 12.2. The van der Waals surface area contributed by atoms with Crippen molar-refractivity contribution in [1.82, 2.24) is 4.90 Å². The molecule has 20 heavy (non-hydrogen) atoms. The fraction of sp³-hybridized carbons (Fsp3) is 0.562. The lowest BCUT2D eigenvalue weighted by atomic mass is 10.1. The molecule has 0 spiro atoms. The summed E-state index contributed by atoms with van der Waals surface area (Å²) in [6.07, 6.45) is 4.85. The summed E-state index contributed by atoms with van der Waals surface area (Å²) in [7, 11) is 1.64. The highest BCUT2D eigenvalue weighted by Gasteiger charge is 2.24. The molecule has 2 rings (SSSR count). The van der Waals surface area contributed by atoms with Crippen LogP contribution in [0.15, 0.2) is 24.3 Å². The van der Waals surface area contributed by atoms with Gasteiger partial charge in [0.15, 0.2) is 0 Å². The maximum Gasteiger partial charge on any atom is 0.227 e. The summed E-state index contributed by atoms with van der Waals surface area (Å²) in [5, 5.41) is 0. The van der Waals surface area contributed by atoms with Crippen LogP contribution in [-0.2, 0) is 11.2 Å². The largest absolute Gasteiger partial charge is 0.496 e. The van der Waals surface area contributed by atoms with E-state index in [9.17, 15) is 4.79 Å². The first-order valence-corrected chi connectivity index (χ1v) is 7.37. The molecule has 1 aromatic carbocycles. The molecule has 110 valence electrons. The predicted molar refractivity (Wildman–Crippen MR) is 79.7 cm³/mol. The van der Waals surface area contributed by atoms with Crippen molar-refractivity contribution in [3.63, 3.8) is 0 Å². The summed E-state index contributed by atoms with van der Waals surface area (Å²) >= 11 is 0. The Morgan fingerprint density at radius 2 is 2.15 bits per heavy atom. The van der Waals surface area contributed by atoms with Crippen molar-refractivity contribution in [3.8, 4) is 5.75 Å². The van der Waals surface area contributed by atoms with Crippen LogP contribution in [0.5, 0.6) is 5.75 Å². The van der Waals surface area contributed by atoms with E-state index in [4.69, 9.17) is 10.5 Å². The minimum Gasteiger partial charge on any atom is -0.496 e. The van der Waals surface area contributed by atoms with E-state index >= 15 is 0 Å².